The molecule has 8 nitrogen and oxygen atoms in total. The smallest absolute Gasteiger partial charge is 0.234 e. The van der Waals surface area contributed by atoms with Gasteiger partial charge in [0.1, 0.15) is 5.82 Å². The lowest BCUT2D eigenvalue weighted by Gasteiger charge is -2.29. The number of piperidine rings is 1. The van der Waals surface area contributed by atoms with E-state index in [1.54, 1.807) is 12.1 Å². The zero-order valence-corrected chi connectivity index (χ0v) is 17.4. The molecule has 0 saturated carbocycles. The van der Waals surface area contributed by atoms with Crippen LogP contribution < -0.4 is 14.8 Å². The van der Waals surface area contributed by atoms with E-state index in [2.05, 4.69) is 20.4 Å². The second kappa shape index (κ2) is 8.96. The third kappa shape index (κ3) is 4.57. The van der Waals surface area contributed by atoms with Crippen LogP contribution in [-0.4, -0.2) is 47.4 Å². The molecule has 5 rings (SSSR count). The summed E-state index contributed by atoms with van der Waals surface area (Å²) >= 11 is 0. The standard InChI is InChI=1S/C23H23FN4O4/c24-18-4-2-16(3-5-18)22-26-23(32-27-22)17-7-9-28(10-8-17)13-21(29)25-12-15-1-6-19-20(11-15)31-14-30-19/h1-6,11,17H,7-10,12-14H2,(H,25,29). The highest BCUT2D eigenvalue weighted by Crippen LogP contribution is 2.32. The van der Waals surface area contributed by atoms with Crippen molar-refractivity contribution in [2.24, 2.45) is 0 Å². The van der Waals surface area contributed by atoms with E-state index in [9.17, 15) is 9.18 Å². The second-order valence-corrected chi connectivity index (χ2v) is 7.98. The Morgan fingerprint density at radius 1 is 1.09 bits per heavy atom. The Morgan fingerprint density at radius 3 is 2.69 bits per heavy atom. The lowest BCUT2D eigenvalue weighted by molar-refractivity contribution is -0.122. The molecule has 1 amide bonds. The maximum absolute atomic E-state index is 13.1. The van der Waals surface area contributed by atoms with E-state index in [0.29, 0.717) is 30.6 Å². The fourth-order valence-electron chi connectivity index (χ4n) is 3.97. The van der Waals surface area contributed by atoms with Gasteiger partial charge in [-0.2, -0.15) is 4.98 Å². The molecule has 0 radical (unpaired) electrons. The van der Waals surface area contributed by atoms with Gasteiger partial charge in [0.25, 0.3) is 0 Å². The molecule has 0 unspecified atom stereocenters. The molecule has 2 aliphatic heterocycles. The molecule has 9 heteroatoms. The quantitative estimate of drug-likeness (QED) is 0.633. The minimum absolute atomic E-state index is 0.0162. The molecule has 166 valence electrons. The first-order valence-corrected chi connectivity index (χ1v) is 10.6. The first-order valence-electron chi connectivity index (χ1n) is 10.6. The number of halogens is 1. The van der Waals surface area contributed by atoms with Crippen LogP contribution in [0.25, 0.3) is 11.4 Å². The topological polar surface area (TPSA) is 89.7 Å². The summed E-state index contributed by atoms with van der Waals surface area (Å²) in [5.41, 5.74) is 1.69. The number of amides is 1. The van der Waals surface area contributed by atoms with Crippen LogP contribution in [0, 0.1) is 5.82 Å². The van der Waals surface area contributed by atoms with E-state index in [0.717, 1.165) is 42.8 Å². The normalized spacial score (nSPS) is 16.3. The average Bonchev–Trinajstić information content (AvgIpc) is 3.48. The second-order valence-electron chi connectivity index (χ2n) is 7.98. The molecule has 0 spiro atoms. The molecule has 1 N–H and O–H groups in total. The summed E-state index contributed by atoms with van der Waals surface area (Å²) in [4.78, 5) is 19.0. The van der Waals surface area contributed by atoms with Crippen molar-refractivity contribution in [3.63, 3.8) is 0 Å². The van der Waals surface area contributed by atoms with Crippen molar-refractivity contribution in [2.45, 2.75) is 25.3 Å². The highest BCUT2D eigenvalue weighted by molar-refractivity contribution is 5.78. The molecule has 1 aromatic heterocycles. The summed E-state index contributed by atoms with van der Waals surface area (Å²) in [6.45, 7) is 2.58. The summed E-state index contributed by atoms with van der Waals surface area (Å²) in [7, 11) is 0. The van der Waals surface area contributed by atoms with Gasteiger partial charge in [-0.15, -0.1) is 0 Å². The van der Waals surface area contributed by atoms with Crippen molar-refractivity contribution in [3.05, 3.63) is 59.7 Å². The number of hydrogen-bond donors (Lipinski definition) is 1. The maximum Gasteiger partial charge on any atom is 0.234 e. The minimum atomic E-state index is -0.301. The largest absolute Gasteiger partial charge is 0.454 e. The van der Waals surface area contributed by atoms with Crippen molar-refractivity contribution < 1.29 is 23.2 Å². The minimum Gasteiger partial charge on any atom is -0.454 e. The molecular formula is C23H23FN4O4. The van der Waals surface area contributed by atoms with Crippen LogP contribution >= 0.6 is 0 Å². The lowest BCUT2D eigenvalue weighted by Crippen LogP contribution is -2.41. The Kier molecular flexibility index (Phi) is 5.72. The Bertz CT molecular complexity index is 1090. The predicted molar refractivity (Wildman–Crippen MR) is 113 cm³/mol. The van der Waals surface area contributed by atoms with Crippen LogP contribution in [0.2, 0.25) is 0 Å². The molecule has 0 bridgehead atoms. The number of benzene rings is 2. The van der Waals surface area contributed by atoms with Crippen LogP contribution in [0.3, 0.4) is 0 Å². The number of fused-ring (bicyclic) bond motifs is 1. The van der Waals surface area contributed by atoms with Crippen LogP contribution in [0.15, 0.2) is 47.0 Å². The van der Waals surface area contributed by atoms with Crippen molar-refractivity contribution >= 4 is 5.91 Å². The molecular weight excluding hydrogens is 415 g/mol. The molecule has 1 saturated heterocycles. The first kappa shape index (κ1) is 20.4. The van der Waals surface area contributed by atoms with Crippen LogP contribution in [-0.2, 0) is 11.3 Å². The monoisotopic (exact) mass is 438 g/mol. The molecule has 3 heterocycles. The van der Waals surface area contributed by atoms with E-state index >= 15 is 0 Å². The summed E-state index contributed by atoms with van der Waals surface area (Å²) in [6, 6.07) is 11.7. The SMILES string of the molecule is O=C(CN1CCC(c2nc(-c3ccc(F)cc3)no2)CC1)NCc1ccc2c(c1)OCO2. The highest BCUT2D eigenvalue weighted by Gasteiger charge is 2.26. The van der Waals surface area contributed by atoms with Gasteiger partial charge < -0.3 is 19.3 Å². The van der Waals surface area contributed by atoms with Crippen molar-refractivity contribution in [1.82, 2.24) is 20.4 Å². The van der Waals surface area contributed by atoms with Gasteiger partial charge in [0.15, 0.2) is 11.5 Å². The zero-order valence-electron chi connectivity index (χ0n) is 17.4. The number of nitrogens with one attached hydrogen (secondary N) is 1. The van der Waals surface area contributed by atoms with Crippen LogP contribution in [0.5, 0.6) is 11.5 Å². The van der Waals surface area contributed by atoms with Gasteiger partial charge in [-0.25, -0.2) is 4.39 Å². The Morgan fingerprint density at radius 2 is 1.88 bits per heavy atom. The number of carbonyl (C=O) groups is 1. The summed E-state index contributed by atoms with van der Waals surface area (Å²) in [6.07, 6.45) is 1.67. The fraction of sp³-hybridized carbons (Fsp3) is 0.348. The number of aromatic nitrogens is 2. The molecule has 0 aliphatic carbocycles. The Labute approximate surface area is 184 Å². The van der Waals surface area contributed by atoms with Gasteiger partial charge in [-0.05, 0) is 67.9 Å². The number of nitrogens with zero attached hydrogens (tertiary/aromatic N) is 3. The number of carbonyl (C=O) groups excluding carboxylic acids is 1. The third-order valence-corrected chi connectivity index (χ3v) is 5.77. The fourth-order valence-corrected chi connectivity index (χ4v) is 3.97. The average molecular weight is 438 g/mol. The van der Waals surface area contributed by atoms with Gasteiger partial charge in [-0.1, -0.05) is 11.2 Å². The van der Waals surface area contributed by atoms with E-state index in [-0.39, 0.29) is 24.4 Å². The molecule has 1 fully saturated rings. The first-order chi connectivity index (χ1) is 15.6. The molecule has 2 aliphatic rings. The predicted octanol–water partition coefficient (Wildman–Crippen LogP) is 3.10. The van der Waals surface area contributed by atoms with Crippen LogP contribution in [0.1, 0.15) is 30.2 Å². The molecule has 0 atom stereocenters. The number of likely N-dealkylation sites (tertiary alicyclic amines) is 1. The van der Waals surface area contributed by atoms with E-state index in [1.165, 1.54) is 12.1 Å². The van der Waals surface area contributed by atoms with Gasteiger partial charge in [0.05, 0.1) is 6.54 Å². The molecule has 32 heavy (non-hydrogen) atoms. The van der Waals surface area contributed by atoms with E-state index < -0.39 is 0 Å². The van der Waals surface area contributed by atoms with Gasteiger partial charge >= 0.3 is 0 Å². The molecule has 2 aromatic carbocycles. The number of rotatable bonds is 6. The Hall–Kier alpha value is -3.46. The molecule has 3 aromatic rings. The summed E-state index contributed by atoms with van der Waals surface area (Å²) < 4.78 is 29.2. The van der Waals surface area contributed by atoms with Crippen molar-refractivity contribution in [1.29, 1.82) is 0 Å². The van der Waals surface area contributed by atoms with E-state index in [4.69, 9.17) is 14.0 Å². The van der Waals surface area contributed by atoms with Crippen molar-refractivity contribution in [2.75, 3.05) is 26.4 Å². The highest BCUT2D eigenvalue weighted by atomic mass is 19.1. The summed E-state index contributed by atoms with van der Waals surface area (Å²) in [5, 5.41) is 6.99. The maximum atomic E-state index is 13.1. The van der Waals surface area contributed by atoms with Gasteiger partial charge in [0.2, 0.25) is 24.4 Å². The number of ether oxygens (including phenoxy) is 2. The lowest BCUT2D eigenvalue weighted by atomic mass is 9.97. The summed E-state index contributed by atoms with van der Waals surface area (Å²) in [5.74, 6) is 2.34. The van der Waals surface area contributed by atoms with Crippen LogP contribution in [0.4, 0.5) is 4.39 Å². The van der Waals surface area contributed by atoms with E-state index in [1.807, 2.05) is 18.2 Å². The Balaban J connectivity index is 1.09. The zero-order chi connectivity index (χ0) is 21.9. The van der Waals surface area contributed by atoms with Gasteiger partial charge in [0, 0.05) is 18.0 Å². The van der Waals surface area contributed by atoms with Gasteiger partial charge in [-0.3, -0.25) is 9.69 Å². The third-order valence-electron chi connectivity index (χ3n) is 5.77. The van der Waals surface area contributed by atoms with Crippen molar-refractivity contribution in [3.8, 4) is 22.9 Å². The number of hydrogen-bond acceptors (Lipinski definition) is 7.